The van der Waals surface area contributed by atoms with Crippen LogP contribution >= 0.6 is 0 Å². The van der Waals surface area contributed by atoms with E-state index in [0.29, 0.717) is 5.69 Å². The average Bonchev–Trinajstić information content (AvgIpc) is 2.53. The molecule has 0 atom stereocenters. The molecule has 0 saturated heterocycles. The van der Waals surface area contributed by atoms with E-state index in [4.69, 9.17) is 5.14 Å². The molecule has 0 aliphatic heterocycles. The number of imidazole rings is 1. The van der Waals surface area contributed by atoms with Gasteiger partial charge in [0.25, 0.3) is 16.0 Å². The predicted molar refractivity (Wildman–Crippen MR) is 59.0 cm³/mol. The Morgan fingerprint density at radius 3 is 2.76 bits per heavy atom. The van der Waals surface area contributed by atoms with Crippen LogP contribution in [0.15, 0.2) is 23.2 Å². The molecule has 90 valence electrons. The van der Waals surface area contributed by atoms with Crippen LogP contribution < -0.4 is 5.14 Å². The van der Waals surface area contributed by atoms with Crippen LogP contribution in [0.2, 0.25) is 0 Å². The molecule has 6 nitrogen and oxygen atoms in total. The molecule has 0 aliphatic carbocycles. The maximum atomic E-state index is 13.4. The average molecular weight is 256 g/mol. The first-order chi connectivity index (χ1) is 7.93. The van der Waals surface area contributed by atoms with Gasteiger partial charge in [-0.3, -0.25) is 0 Å². The Morgan fingerprint density at radius 2 is 2.18 bits per heavy atom. The summed E-state index contributed by atoms with van der Waals surface area (Å²) in [5.74, 6) is -1.15. The summed E-state index contributed by atoms with van der Waals surface area (Å²) in [5, 5.41) is 8.09. The first-order valence-electron chi connectivity index (χ1n) is 4.64. The number of sulfonamides is 1. The largest absolute Gasteiger partial charge is 0.260 e. The van der Waals surface area contributed by atoms with Gasteiger partial charge in [0, 0.05) is 0 Å². The summed E-state index contributed by atoms with van der Waals surface area (Å²) < 4.78 is 36.7. The lowest BCUT2D eigenvalue weighted by Gasteiger charge is -1.99. The number of nitrogens with two attached hydrogens (primary N) is 1. The first kappa shape index (κ1) is 11.7. The van der Waals surface area contributed by atoms with Crippen LogP contribution in [-0.4, -0.2) is 23.0 Å². The number of nitrogens with zero attached hydrogens (tertiary/aromatic N) is 3. The van der Waals surface area contributed by atoms with Crippen molar-refractivity contribution >= 4 is 21.7 Å². The summed E-state index contributed by atoms with van der Waals surface area (Å²) in [6.45, 7) is 1.78. The van der Waals surface area contributed by atoms with E-state index in [1.54, 1.807) is 25.1 Å². The molecule has 0 fully saturated rings. The van der Waals surface area contributed by atoms with E-state index in [2.05, 4.69) is 10.1 Å². The van der Waals surface area contributed by atoms with Gasteiger partial charge in [0.2, 0.25) is 5.03 Å². The maximum absolute atomic E-state index is 13.4. The molecule has 8 heteroatoms. The molecule has 2 aromatic rings. The number of primary sulfonamides is 1. The van der Waals surface area contributed by atoms with Crippen molar-refractivity contribution in [3.63, 3.8) is 0 Å². The zero-order chi connectivity index (χ0) is 12.6. The second-order valence-corrected chi connectivity index (χ2v) is 4.76. The van der Waals surface area contributed by atoms with E-state index in [9.17, 15) is 12.8 Å². The Bertz CT molecular complexity index is 705. The number of halogens is 1. The summed E-state index contributed by atoms with van der Waals surface area (Å²) in [4.78, 5) is 3.43. The summed E-state index contributed by atoms with van der Waals surface area (Å²) in [6.07, 6.45) is 3.36. The molecule has 0 spiro atoms. The second-order valence-electron chi connectivity index (χ2n) is 3.28. The van der Waals surface area contributed by atoms with Crippen LogP contribution in [0, 0.1) is 5.95 Å². The van der Waals surface area contributed by atoms with Gasteiger partial charge in [-0.15, -0.1) is 0 Å². The highest BCUT2D eigenvalue weighted by Gasteiger charge is 2.23. The number of hydrogen-bond donors (Lipinski definition) is 1. The minimum absolute atomic E-state index is 0.0831. The van der Waals surface area contributed by atoms with Gasteiger partial charge in [0.15, 0.2) is 5.65 Å². The van der Waals surface area contributed by atoms with Crippen LogP contribution in [0.25, 0.3) is 11.7 Å². The fourth-order valence-electron chi connectivity index (χ4n) is 1.40. The molecule has 0 aromatic carbocycles. The number of hydrogen-bond acceptors (Lipinski definition) is 4. The van der Waals surface area contributed by atoms with Crippen molar-refractivity contribution < 1.29 is 12.8 Å². The van der Waals surface area contributed by atoms with Crippen molar-refractivity contribution in [3.8, 4) is 0 Å². The Balaban J connectivity index is 2.83. The zero-order valence-corrected chi connectivity index (χ0v) is 9.65. The zero-order valence-electron chi connectivity index (χ0n) is 8.83. The highest BCUT2D eigenvalue weighted by molar-refractivity contribution is 7.89. The lowest BCUT2D eigenvalue weighted by atomic mass is 10.3. The molecule has 0 aliphatic rings. The maximum Gasteiger partial charge on any atom is 0.260 e. The molecule has 0 saturated carbocycles. The number of aromatic nitrogens is 3. The molecule has 0 radical (unpaired) electrons. The van der Waals surface area contributed by atoms with Crippen molar-refractivity contribution in [2.75, 3.05) is 0 Å². The van der Waals surface area contributed by atoms with Gasteiger partial charge in [-0.1, -0.05) is 6.08 Å². The highest BCUT2D eigenvalue weighted by atomic mass is 32.2. The molecule has 2 rings (SSSR count). The Morgan fingerprint density at radius 1 is 1.47 bits per heavy atom. The van der Waals surface area contributed by atoms with Crippen molar-refractivity contribution in [1.82, 2.24) is 14.6 Å². The normalized spacial score (nSPS) is 12.6. The van der Waals surface area contributed by atoms with E-state index < -0.39 is 21.0 Å². The molecular weight excluding hydrogens is 247 g/mol. The SMILES string of the molecule is C/C=C\c1ccc2nc(F)c(S(N)(=O)=O)n2n1. The minimum atomic E-state index is -4.21. The van der Waals surface area contributed by atoms with Gasteiger partial charge in [-0.2, -0.15) is 19.0 Å². The summed E-state index contributed by atoms with van der Waals surface area (Å²) in [7, 11) is -4.21. The lowest BCUT2D eigenvalue weighted by molar-refractivity contribution is 0.533. The smallest absolute Gasteiger partial charge is 0.223 e. The monoisotopic (exact) mass is 256 g/mol. The summed E-state index contributed by atoms with van der Waals surface area (Å²) in [6, 6.07) is 3.05. The molecule has 0 bridgehead atoms. The molecule has 2 heterocycles. The van der Waals surface area contributed by atoms with Crippen molar-refractivity contribution in [3.05, 3.63) is 29.9 Å². The Hall–Kier alpha value is -1.80. The topological polar surface area (TPSA) is 90.3 Å². The van der Waals surface area contributed by atoms with Crippen molar-refractivity contribution in [2.45, 2.75) is 11.9 Å². The van der Waals surface area contributed by atoms with Gasteiger partial charge < -0.3 is 0 Å². The van der Waals surface area contributed by atoms with Crippen LogP contribution in [-0.2, 0) is 10.0 Å². The van der Waals surface area contributed by atoms with Crippen LogP contribution in [0.5, 0.6) is 0 Å². The summed E-state index contributed by atoms with van der Waals surface area (Å²) in [5.41, 5.74) is 0.557. The van der Waals surface area contributed by atoms with Gasteiger partial charge in [0.05, 0.1) is 5.69 Å². The number of rotatable bonds is 2. The molecule has 0 unspecified atom stereocenters. The minimum Gasteiger partial charge on any atom is -0.223 e. The van der Waals surface area contributed by atoms with Crippen LogP contribution in [0.4, 0.5) is 4.39 Å². The first-order valence-corrected chi connectivity index (χ1v) is 6.19. The van der Waals surface area contributed by atoms with Gasteiger partial charge in [-0.25, -0.2) is 13.6 Å². The van der Waals surface area contributed by atoms with Crippen molar-refractivity contribution in [2.24, 2.45) is 5.14 Å². The third-order valence-corrected chi connectivity index (χ3v) is 2.90. The predicted octanol–water partition coefficient (Wildman–Crippen LogP) is 0.549. The number of allylic oxidation sites excluding steroid dienone is 1. The van der Waals surface area contributed by atoms with E-state index in [0.717, 1.165) is 4.52 Å². The third kappa shape index (κ3) is 2.04. The van der Waals surface area contributed by atoms with Crippen LogP contribution in [0.1, 0.15) is 12.6 Å². The standard InChI is InChI=1S/C9H9FN4O2S/c1-2-3-6-4-5-7-12-8(10)9(14(7)13-6)17(11,15)16/h2-5H,1H3,(H2,11,15,16)/b3-2-. The van der Waals surface area contributed by atoms with E-state index in [-0.39, 0.29) is 5.65 Å². The Kier molecular flexibility index (Phi) is 2.68. The lowest BCUT2D eigenvalue weighted by Crippen LogP contribution is -2.17. The summed E-state index contributed by atoms with van der Waals surface area (Å²) >= 11 is 0. The van der Waals surface area contributed by atoms with E-state index in [1.165, 1.54) is 6.07 Å². The molecule has 17 heavy (non-hydrogen) atoms. The fraction of sp³-hybridized carbons (Fsp3) is 0.111. The Labute approximate surface area is 96.6 Å². The number of fused-ring (bicyclic) bond motifs is 1. The van der Waals surface area contributed by atoms with Gasteiger partial charge in [0.1, 0.15) is 0 Å². The fourth-order valence-corrected chi connectivity index (χ4v) is 2.05. The van der Waals surface area contributed by atoms with Gasteiger partial charge in [-0.05, 0) is 25.1 Å². The molecule has 2 aromatic heterocycles. The van der Waals surface area contributed by atoms with E-state index >= 15 is 0 Å². The van der Waals surface area contributed by atoms with Crippen LogP contribution in [0.3, 0.4) is 0 Å². The third-order valence-electron chi connectivity index (χ3n) is 2.02. The quantitative estimate of drug-likeness (QED) is 0.849. The van der Waals surface area contributed by atoms with Gasteiger partial charge >= 0.3 is 0 Å². The molecule has 0 amide bonds. The van der Waals surface area contributed by atoms with Crippen molar-refractivity contribution in [1.29, 1.82) is 0 Å². The van der Waals surface area contributed by atoms with E-state index in [1.807, 2.05) is 0 Å². The second kappa shape index (κ2) is 3.90. The molecular formula is C9H9FN4O2S. The highest BCUT2D eigenvalue weighted by Crippen LogP contribution is 2.14. The molecule has 2 N–H and O–H groups in total.